The monoisotopic (exact) mass is 210 g/mol. The molecule has 0 saturated heterocycles. The highest BCUT2D eigenvalue weighted by molar-refractivity contribution is 5.94. The Morgan fingerprint density at radius 2 is 2.20 bits per heavy atom. The largest absolute Gasteiger partial charge is 0.396 e. The number of nitro benzene ring substituents is 1. The van der Waals surface area contributed by atoms with E-state index in [0.717, 1.165) is 0 Å². The van der Waals surface area contributed by atoms with Crippen LogP contribution in [0.5, 0.6) is 0 Å². The average Bonchev–Trinajstić information content (AvgIpc) is 2.17. The number of primary amides is 1. The van der Waals surface area contributed by atoms with Crippen LogP contribution >= 0.6 is 0 Å². The fraction of sp³-hybridized carbons (Fsp3) is 0.222. The predicted molar refractivity (Wildman–Crippen MR) is 52.4 cm³/mol. The molecule has 0 fully saturated rings. The van der Waals surface area contributed by atoms with Gasteiger partial charge in [-0.3, -0.25) is 14.9 Å². The lowest BCUT2D eigenvalue weighted by Gasteiger charge is -2.04. The SMILES string of the molecule is NC(=O)c1ccc([N+](=O)[O-])cc1CCO. The van der Waals surface area contributed by atoms with Gasteiger partial charge in [-0.05, 0) is 18.1 Å². The lowest BCUT2D eigenvalue weighted by atomic mass is 10.0. The molecule has 80 valence electrons. The number of aliphatic hydroxyl groups is 1. The standard InChI is InChI=1S/C9H10N2O4/c10-9(13)8-2-1-7(11(14)15)5-6(8)3-4-12/h1-2,5,12H,3-4H2,(H2,10,13). The lowest BCUT2D eigenvalue weighted by molar-refractivity contribution is -0.384. The molecule has 1 rings (SSSR count). The molecule has 0 atom stereocenters. The van der Waals surface area contributed by atoms with E-state index in [-0.39, 0.29) is 24.3 Å². The van der Waals surface area contributed by atoms with E-state index in [1.54, 1.807) is 0 Å². The fourth-order valence-electron chi connectivity index (χ4n) is 1.26. The summed E-state index contributed by atoms with van der Waals surface area (Å²) in [4.78, 5) is 20.9. The maximum Gasteiger partial charge on any atom is 0.269 e. The maximum absolute atomic E-state index is 10.9. The number of hydrogen-bond donors (Lipinski definition) is 2. The summed E-state index contributed by atoms with van der Waals surface area (Å²) in [6, 6.07) is 3.75. The number of benzene rings is 1. The Labute approximate surface area is 85.5 Å². The number of rotatable bonds is 4. The van der Waals surface area contributed by atoms with Gasteiger partial charge in [-0.1, -0.05) is 0 Å². The summed E-state index contributed by atoms with van der Waals surface area (Å²) in [5.41, 5.74) is 5.55. The Kier molecular flexibility index (Phi) is 3.35. The van der Waals surface area contributed by atoms with Crippen LogP contribution in [0.2, 0.25) is 0 Å². The van der Waals surface area contributed by atoms with Gasteiger partial charge in [0.25, 0.3) is 5.69 Å². The first-order chi connectivity index (χ1) is 7.06. The molecule has 15 heavy (non-hydrogen) atoms. The van der Waals surface area contributed by atoms with Crippen molar-refractivity contribution in [3.8, 4) is 0 Å². The van der Waals surface area contributed by atoms with E-state index in [9.17, 15) is 14.9 Å². The number of non-ortho nitro benzene ring substituents is 1. The van der Waals surface area contributed by atoms with Crippen LogP contribution in [0.1, 0.15) is 15.9 Å². The molecule has 0 aromatic heterocycles. The molecule has 1 aromatic carbocycles. The lowest BCUT2D eigenvalue weighted by Crippen LogP contribution is -2.14. The van der Waals surface area contributed by atoms with Gasteiger partial charge in [-0.2, -0.15) is 0 Å². The summed E-state index contributed by atoms with van der Waals surface area (Å²) >= 11 is 0. The van der Waals surface area contributed by atoms with Crippen molar-refractivity contribution in [2.75, 3.05) is 6.61 Å². The summed E-state index contributed by atoms with van der Waals surface area (Å²) in [5.74, 6) is -0.659. The summed E-state index contributed by atoms with van der Waals surface area (Å²) in [5, 5.41) is 19.2. The molecule has 6 nitrogen and oxygen atoms in total. The molecule has 0 aliphatic rings. The van der Waals surface area contributed by atoms with Crippen molar-refractivity contribution in [2.24, 2.45) is 5.73 Å². The molecule has 1 aromatic rings. The average molecular weight is 210 g/mol. The van der Waals surface area contributed by atoms with Crippen LogP contribution in [0.4, 0.5) is 5.69 Å². The molecule has 1 amide bonds. The minimum absolute atomic E-state index is 0.122. The van der Waals surface area contributed by atoms with Crippen molar-refractivity contribution in [1.29, 1.82) is 0 Å². The van der Waals surface area contributed by atoms with E-state index >= 15 is 0 Å². The van der Waals surface area contributed by atoms with Crippen LogP contribution in [0.15, 0.2) is 18.2 Å². The molecular weight excluding hydrogens is 200 g/mol. The van der Waals surface area contributed by atoms with Crippen LogP contribution in [-0.2, 0) is 6.42 Å². The van der Waals surface area contributed by atoms with Gasteiger partial charge in [0.1, 0.15) is 0 Å². The van der Waals surface area contributed by atoms with Crippen molar-refractivity contribution < 1.29 is 14.8 Å². The van der Waals surface area contributed by atoms with Gasteiger partial charge in [-0.15, -0.1) is 0 Å². The number of hydrogen-bond acceptors (Lipinski definition) is 4. The molecule has 3 N–H and O–H groups in total. The van der Waals surface area contributed by atoms with Crippen LogP contribution in [0.3, 0.4) is 0 Å². The zero-order chi connectivity index (χ0) is 11.4. The molecule has 0 heterocycles. The summed E-state index contributed by atoms with van der Waals surface area (Å²) in [6.45, 7) is -0.193. The van der Waals surface area contributed by atoms with Crippen LogP contribution in [0, 0.1) is 10.1 Å². The summed E-state index contributed by atoms with van der Waals surface area (Å²) in [6.07, 6.45) is 0.167. The first kappa shape index (κ1) is 11.1. The minimum atomic E-state index is -0.659. The molecule has 6 heteroatoms. The van der Waals surface area contributed by atoms with E-state index in [1.807, 2.05) is 0 Å². The smallest absolute Gasteiger partial charge is 0.269 e. The van der Waals surface area contributed by atoms with Crippen molar-refractivity contribution in [3.63, 3.8) is 0 Å². The molecule has 0 unspecified atom stereocenters. The number of carbonyl (C=O) groups excluding carboxylic acids is 1. The maximum atomic E-state index is 10.9. The molecule has 0 spiro atoms. The number of nitrogens with zero attached hydrogens (tertiary/aromatic N) is 1. The second-order valence-electron chi connectivity index (χ2n) is 2.94. The minimum Gasteiger partial charge on any atom is -0.396 e. The molecule has 0 aliphatic heterocycles. The van der Waals surface area contributed by atoms with E-state index in [2.05, 4.69) is 0 Å². The number of aliphatic hydroxyl groups excluding tert-OH is 1. The van der Waals surface area contributed by atoms with Crippen molar-refractivity contribution >= 4 is 11.6 Å². The molecule has 0 saturated carbocycles. The van der Waals surface area contributed by atoms with E-state index in [1.165, 1.54) is 18.2 Å². The fourth-order valence-corrected chi connectivity index (χ4v) is 1.26. The second kappa shape index (κ2) is 4.52. The Morgan fingerprint density at radius 1 is 1.53 bits per heavy atom. The van der Waals surface area contributed by atoms with Crippen molar-refractivity contribution in [2.45, 2.75) is 6.42 Å². The number of nitrogens with two attached hydrogens (primary N) is 1. The molecular formula is C9H10N2O4. The predicted octanol–water partition coefficient (Wildman–Crippen LogP) is 0.229. The first-order valence-corrected chi connectivity index (χ1v) is 4.24. The van der Waals surface area contributed by atoms with Crippen molar-refractivity contribution in [1.82, 2.24) is 0 Å². The van der Waals surface area contributed by atoms with Gasteiger partial charge in [0.2, 0.25) is 5.91 Å². The highest BCUT2D eigenvalue weighted by atomic mass is 16.6. The Bertz CT molecular complexity index is 403. The third kappa shape index (κ3) is 2.50. The van der Waals surface area contributed by atoms with Crippen LogP contribution in [-0.4, -0.2) is 22.5 Å². The Hall–Kier alpha value is -1.95. The Morgan fingerprint density at radius 3 is 2.67 bits per heavy atom. The van der Waals surface area contributed by atoms with E-state index in [4.69, 9.17) is 10.8 Å². The number of carbonyl (C=O) groups is 1. The number of nitro groups is 1. The van der Waals surface area contributed by atoms with Gasteiger partial charge in [0.05, 0.1) is 4.92 Å². The highest BCUT2D eigenvalue weighted by Crippen LogP contribution is 2.18. The zero-order valence-corrected chi connectivity index (χ0v) is 7.84. The quantitative estimate of drug-likeness (QED) is 0.547. The summed E-state index contributed by atoms with van der Waals surface area (Å²) < 4.78 is 0. The van der Waals surface area contributed by atoms with Crippen LogP contribution in [0.25, 0.3) is 0 Å². The van der Waals surface area contributed by atoms with Gasteiger partial charge in [0, 0.05) is 24.3 Å². The second-order valence-corrected chi connectivity index (χ2v) is 2.94. The van der Waals surface area contributed by atoms with Gasteiger partial charge < -0.3 is 10.8 Å². The Balaban J connectivity index is 3.20. The topological polar surface area (TPSA) is 106 Å². The number of amides is 1. The summed E-state index contributed by atoms with van der Waals surface area (Å²) in [7, 11) is 0. The van der Waals surface area contributed by atoms with Gasteiger partial charge in [-0.25, -0.2) is 0 Å². The third-order valence-electron chi connectivity index (χ3n) is 1.95. The molecule has 0 aliphatic carbocycles. The zero-order valence-electron chi connectivity index (χ0n) is 7.84. The van der Waals surface area contributed by atoms with Crippen molar-refractivity contribution in [3.05, 3.63) is 39.4 Å². The van der Waals surface area contributed by atoms with Crippen LogP contribution < -0.4 is 5.73 Å². The normalized spacial score (nSPS) is 9.93. The molecule has 0 bridgehead atoms. The highest BCUT2D eigenvalue weighted by Gasteiger charge is 2.13. The van der Waals surface area contributed by atoms with E-state index < -0.39 is 10.8 Å². The molecule has 0 radical (unpaired) electrons. The van der Waals surface area contributed by atoms with E-state index in [0.29, 0.717) is 5.56 Å². The third-order valence-corrected chi connectivity index (χ3v) is 1.95. The van der Waals surface area contributed by atoms with Gasteiger partial charge in [0.15, 0.2) is 0 Å². The van der Waals surface area contributed by atoms with Gasteiger partial charge >= 0.3 is 0 Å². The first-order valence-electron chi connectivity index (χ1n) is 4.24.